The van der Waals surface area contributed by atoms with Crippen molar-refractivity contribution < 1.29 is 0 Å². The predicted octanol–water partition coefficient (Wildman–Crippen LogP) is 17.9. The summed E-state index contributed by atoms with van der Waals surface area (Å²) < 4.78 is 4.96. The van der Waals surface area contributed by atoms with Gasteiger partial charge in [0.2, 0.25) is 0 Å². The van der Waals surface area contributed by atoms with E-state index in [1.807, 2.05) is 11.3 Å². The second-order valence-corrected chi connectivity index (χ2v) is 17.9. The molecule has 0 amide bonds. The van der Waals surface area contributed by atoms with Gasteiger partial charge in [-0.25, -0.2) is 0 Å². The highest BCUT2D eigenvalue weighted by atomic mass is 32.1. The quantitative estimate of drug-likeness (QED) is 0.155. The second kappa shape index (κ2) is 15.2. The number of benzene rings is 11. The van der Waals surface area contributed by atoms with Crippen LogP contribution in [0, 0.1) is 0 Å². The Morgan fingerprint density at radius 3 is 1.75 bits per heavy atom. The number of thiophene rings is 1. The summed E-state index contributed by atoms with van der Waals surface area (Å²) >= 11 is 1.89. The lowest BCUT2D eigenvalue weighted by atomic mass is 9.95. The summed E-state index contributed by atoms with van der Waals surface area (Å²) in [5.74, 6) is 0. The Balaban J connectivity index is 1.00. The van der Waals surface area contributed by atoms with Crippen LogP contribution in [0.25, 0.3) is 103 Å². The Morgan fingerprint density at radius 1 is 0.338 bits per heavy atom. The monoisotopic (exact) mass is 844 g/mol. The minimum Gasteiger partial charge on any atom is -0.310 e. The van der Waals surface area contributed by atoms with E-state index in [0.717, 1.165) is 22.7 Å². The van der Waals surface area contributed by atoms with Crippen LogP contribution in [0.1, 0.15) is 0 Å². The molecule has 2 nitrogen and oxygen atoms in total. The molecular weight excluding hydrogens is 805 g/mol. The lowest BCUT2D eigenvalue weighted by Gasteiger charge is -2.27. The van der Waals surface area contributed by atoms with Gasteiger partial charge in [0.05, 0.1) is 16.7 Å². The van der Waals surface area contributed by atoms with Crippen LogP contribution in [0.15, 0.2) is 243 Å². The van der Waals surface area contributed by atoms with E-state index in [0.29, 0.717) is 0 Å². The van der Waals surface area contributed by atoms with Gasteiger partial charge in [-0.05, 0) is 116 Å². The molecule has 0 saturated heterocycles. The number of fused-ring (bicyclic) bond motifs is 8. The fraction of sp³-hybridized carbons (Fsp3) is 0. The molecule has 0 aliphatic rings. The molecule has 2 aromatic heterocycles. The van der Waals surface area contributed by atoms with Crippen LogP contribution in [-0.4, -0.2) is 4.57 Å². The van der Waals surface area contributed by atoms with Crippen molar-refractivity contribution in [1.29, 1.82) is 0 Å². The topological polar surface area (TPSA) is 8.17 Å². The van der Waals surface area contributed by atoms with Crippen molar-refractivity contribution in [3.05, 3.63) is 243 Å². The molecule has 13 rings (SSSR count). The first-order valence-electron chi connectivity index (χ1n) is 22.2. The largest absolute Gasteiger partial charge is 0.310 e. The molecule has 0 N–H and O–H groups in total. The number of nitrogens with zero attached hydrogens (tertiary/aromatic N) is 2. The number of rotatable bonds is 7. The lowest BCUT2D eigenvalue weighted by Crippen LogP contribution is -2.10. The highest BCUT2D eigenvalue weighted by Gasteiger charge is 2.23. The Labute approximate surface area is 381 Å². The van der Waals surface area contributed by atoms with Crippen LogP contribution in [0.4, 0.5) is 17.1 Å². The number of hydrogen-bond acceptors (Lipinski definition) is 2. The summed E-state index contributed by atoms with van der Waals surface area (Å²) in [5, 5.41) is 10.0. The molecule has 13 aromatic rings. The first-order valence-corrected chi connectivity index (χ1v) is 23.1. The normalized spacial score (nSPS) is 11.7. The summed E-state index contributed by atoms with van der Waals surface area (Å²) in [6.07, 6.45) is 0. The molecule has 0 atom stereocenters. The molecule has 65 heavy (non-hydrogen) atoms. The third-order valence-corrected chi connectivity index (χ3v) is 14.4. The van der Waals surface area contributed by atoms with Crippen molar-refractivity contribution in [1.82, 2.24) is 4.57 Å². The maximum atomic E-state index is 2.46. The molecule has 0 fully saturated rings. The van der Waals surface area contributed by atoms with E-state index in [2.05, 4.69) is 252 Å². The van der Waals surface area contributed by atoms with E-state index in [1.54, 1.807) is 0 Å². The van der Waals surface area contributed by atoms with Crippen molar-refractivity contribution in [2.24, 2.45) is 0 Å². The Bertz CT molecular complexity index is 3930. The molecule has 0 unspecified atom stereocenters. The summed E-state index contributed by atoms with van der Waals surface area (Å²) in [4.78, 5) is 2.46. The Morgan fingerprint density at radius 2 is 0.938 bits per heavy atom. The van der Waals surface area contributed by atoms with E-state index >= 15 is 0 Å². The van der Waals surface area contributed by atoms with Gasteiger partial charge in [-0.3, -0.25) is 0 Å². The zero-order valence-electron chi connectivity index (χ0n) is 35.4. The van der Waals surface area contributed by atoms with Gasteiger partial charge in [-0.1, -0.05) is 176 Å². The molecule has 0 spiro atoms. The highest BCUT2D eigenvalue weighted by Crippen LogP contribution is 2.50. The molecule has 304 valence electrons. The fourth-order valence-electron chi connectivity index (χ4n) is 10.2. The molecule has 0 aliphatic heterocycles. The number of aromatic nitrogens is 1. The minimum atomic E-state index is 1.10. The Kier molecular flexibility index (Phi) is 8.75. The lowest BCUT2D eigenvalue weighted by molar-refractivity contribution is 1.18. The summed E-state index contributed by atoms with van der Waals surface area (Å²) in [6, 6.07) is 88.9. The minimum absolute atomic E-state index is 1.10. The summed E-state index contributed by atoms with van der Waals surface area (Å²) in [7, 11) is 0. The fourth-order valence-corrected chi connectivity index (χ4v) is 11.4. The molecule has 0 aliphatic carbocycles. The molecule has 2 heterocycles. The van der Waals surface area contributed by atoms with Crippen LogP contribution >= 0.6 is 11.3 Å². The van der Waals surface area contributed by atoms with Crippen molar-refractivity contribution in [2.45, 2.75) is 0 Å². The smallest absolute Gasteiger partial charge is 0.0555 e. The van der Waals surface area contributed by atoms with E-state index in [1.165, 1.54) is 96.9 Å². The van der Waals surface area contributed by atoms with Crippen molar-refractivity contribution >= 4 is 91.9 Å². The average Bonchev–Trinajstić information content (AvgIpc) is 3.94. The maximum Gasteiger partial charge on any atom is 0.0555 e. The van der Waals surface area contributed by atoms with Gasteiger partial charge >= 0.3 is 0 Å². The zero-order valence-corrected chi connectivity index (χ0v) is 36.2. The second-order valence-electron chi connectivity index (χ2n) is 16.8. The number of para-hydroxylation sites is 2. The van der Waals surface area contributed by atoms with Crippen LogP contribution in [0.3, 0.4) is 0 Å². The zero-order chi connectivity index (χ0) is 42.8. The van der Waals surface area contributed by atoms with Crippen molar-refractivity contribution in [3.8, 4) is 39.1 Å². The van der Waals surface area contributed by atoms with Crippen molar-refractivity contribution in [2.75, 3.05) is 4.90 Å². The molecule has 0 radical (unpaired) electrons. The maximum absolute atomic E-state index is 2.46. The third kappa shape index (κ3) is 6.16. The summed E-state index contributed by atoms with van der Waals surface area (Å²) in [5.41, 5.74) is 14.2. The van der Waals surface area contributed by atoms with Gasteiger partial charge in [-0.15, -0.1) is 11.3 Å². The predicted molar refractivity (Wildman–Crippen MR) is 280 cm³/mol. The van der Waals surface area contributed by atoms with Crippen LogP contribution in [-0.2, 0) is 0 Å². The number of anilines is 3. The number of hydrogen-bond donors (Lipinski definition) is 0. The standard InChI is InChI=1S/C62H40N2S/c1-2-18-47(19-3-1)64-56-25-10-8-21-54(56)60-51(23-13-26-57(60)64)44-32-36-49(37-33-44)63(48-34-30-42(31-35-48)46-29-28-41-14-4-5-16-45(41)40-46)58-39-38-53(52-24-12-17-43-15-6-7-20-50(43)52)62-61(58)55-22-9-11-27-59(55)65-62/h1-40H. The van der Waals surface area contributed by atoms with E-state index in [-0.39, 0.29) is 0 Å². The van der Waals surface area contributed by atoms with Gasteiger partial charge in [0.25, 0.3) is 0 Å². The van der Waals surface area contributed by atoms with E-state index in [9.17, 15) is 0 Å². The van der Waals surface area contributed by atoms with Crippen LogP contribution in [0.2, 0.25) is 0 Å². The Hall–Kier alpha value is -8.24. The molecule has 3 heteroatoms. The van der Waals surface area contributed by atoms with E-state index in [4.69, 9.17) is 0 Å². The van der Waals surface area contributed by atoms with Crippen LogP contribution < -0.4 is 4.90 Å². The van der Waals surface area contributed by atoms with E-state index < -0.39 is 0 Å². The highest BCUT2D eigenvalue weighted by molar-refractivity contribution is 7.26. The van der Waals surface area contributed by atoms with Gasteiger partial charge < -0.3 is 9.47 Å². The molecular formula is C62H40N2S. The first-order chi connectivity index (χ1) is 32.2. The third-order valence-electron chi connectivity index (χ3n) is 13.2. The van der Waals surface area contributed by atoms with Gasteiger partial charge in [0, 0.05) is 53.6 Å². The van der Waals surface area contributed by atoms with Gasteiger partial charge in [0.15, 0.2) is 0 Å². The summed E-state index contributed by atoms with van der Waals surface area (Å²) in [6.45, 7) is 0. The average molecular weight is 845 g/mol. The molecule has 0 bridgehead atoms. The van der Waals surface area contributed by atoms with Gasteiger partial charge in [0.1, 0.15) is 0 Å². The molecule has 0 saturated carbocycles. The van der Waals surface area contributed by atoms with Gasteiger partial charge in [-0.2, -0.15) is 0 Å². The molecule has 11 aromatic carbocycles. The van der Waals surface area contributed by atoms with Crippen molar-refractivity contribution in [3.63, 3.8) is 0 Å². The van der Waals surface area contributed by atoms with Crippen LogP contribution in [0.5, 0.6) is 0 Å². The first kappa shape index (κ1) is 37.3. The SMILES string of the molecule is c1ccc(-n2c3ccccc3c3c(-c4ccc(N(c5ccc(-c6ccc7ccccc7c6)cc5)c5ccc(-c6cccc7ccccc67)c6sc7ccccc7c56)cc4)cccc32)cc1.